The molecule has 2 rings (SSSR count). The van der Waals surface area contributed by atoms with Gasteiger partial charge >= 0.3 is 5.97 Å². The van der Waals surface area contributed by atoms with Crippen LogP contribution < -0.4 is 10.1 Å². The number of anilines is 1. The number of carboxylic acids is 1. The predicted octanol–water partition coefficient (Wildman–Crippen LogP) is 0.470. The van der Waals surface area contributed by atoms with Gasteiger partial charge in [-0.1, -0.05) is 0 Å². The Morgan fingerprint density at radius 1 is 1.50 bits per heavy atom. The van der Waals surface area contributed by atoms with Gasteiger partial charge in [-0.25, -0.2) is 4.98 Å². The van der Waals surface area contributed by atoms with Gasteiger partial charge < -0.3 is 15.2 Å². The van der Waals surface area contributed by atoms with Crippen LogP contribution in [0, 0.1) is 0 Å². The smallest absolute Gasteiger partial charge is 0.322 e. The number of ether oxygens (including phenoxy) is 1. The highest BCUT2D eigenvalue weighted by Gasteiger charge is 2.19. The van der Waals surface area contributed by atoms with E-state index in [2.05, 4.69) is 15.3 Å². The van der Waals surface area contributed by atoms with E-state index in [1.54, 1.807) is 7.11 Å². The summed E-state index contributed by atoms with van der Waals surface area (Å²) < 4.78 is 5.17. The summed E-state index contributed by atoms with van der Waals surface area (Å²) in [6.07, 6.45) is 2.87. The largest absolute Gasteiger partial charge is 0.481 e. The second-order valence-corrected chi connectivity index (χ2v) is 3.58. The third kappa shape index (κ3) is 2.05. The maximum Gasteiger partial charge on any atom is 0.322 e. The molecule has 1 aliphatic rings. The van der Waals surface area contributed by atoms with Gasteiger partial charge in [0.2, 0.25) is 11.8 Å². The fourth-order valence-corrected chi connectivity index (χ4v) is 1.80. The lowest BCUT2D eigenvalue weighted by Gasteiger charge is -2.08. The molecular weight excluding hydrogens is 210 g/mol. The first kappa shape index (κ1) is 10.7. The highest BCUT2D eigenvalue weighted by atomic mass is 16.5. The van der Waals surface area contributed by atoms with Gasteiger partial charge in [0.25, 0.3) is 0 Å². The number of nitrogens with zero attached hydrogens (tertiary/aromatic N) is 2. The van der Waals surface area contributed by atoms with Gasteiger partial charge in [-0.3, -0.25) is 4.79 Å². The van der Waals surface area contributed by atoms with Crippen LogP contribution in [0.3, 0.4) is 0 Å². The Kier molecular flexibility index (Phi) is 2.89. The Bertz CT molecular complexity index is 420. The van der Waals surface area contributed by atoms with Gasteiger partial charge in [-0.05, 0) is 19.3 Å². The average Bonchev–Trinajstić information content (AvgIpc) is 2.73. The molecule has 0 bridgehead atoms. The number of aryl methyl sites for hydroxylation is 1. The Labute approximate surface area is 92.7 Å². The fraction of sp³-hybridized carbons (Fsp3) is 0.500. The van der Waals surface area contributed by atoms with Crippen LogP contribution in [0.15, 0.2) is 0 Å². The molecule has 0 radical (unpaired) electrons. The van der Waals surface area contributed by atoms with Crippen molar-refractivity contribution in [3.8, 4) is 5.88 Å². The molecular formula is C10H13N3O3. The van der Waals surface area contributed by atoms with Crippen LogP contribution in [0.4, 0.5) is 5.95 Å². The van der Waals surface area contributed by atoms with E-state index < -0.39 is 5.97 Å². The van der Waals surface area contributed by atoms with E-state index >= 15 is 0 Å². The van der Waals surface area contributed by atoms with E-state index in [1.807, 2.05) is 0 Å². The van der Waals surface area contributed by atoms with Gasteiger partial charge in [-0.15, -0.1) is 0 Å². The van der Waals surface area contributed by atoms with Crippen LogP contribution in [0.25, 0.3) is 0 Å². The summed E-state index contributed by atoms with van der Waals surface area (Å²) in [5.74, 6) is -0.0710. The standard InChI is InChI=1S/C10H13N3O3/c1-16-9-6-3-2-4-7(6)12-10(13-9)11-5-8(14)15/h2-5H2,1H3,(H,14,15)(H,11,12,13). The van der Waals surface area contributed by atoms with Gasteiger partial charge in [0, 0.05) is 5.56 Å². The van der Waals surface area contributed by atoms with E-state index in [4.69, 9.17) is 9.84 Å². The number of carbonyl (C=O) groups is 1. The van der Waals surface area contributed by atoms with Crippen molar-refractivity contribution in [3.05, 3.63) is 11.3 Å². The predicted molar refractivity (Wildman–Crippen MR) is 56.7 cm³/mol. The summed E-state index contributed by atoms with van der Waals surface area (Å²) in [4.78, 5) is 18.8. The van der Waals surface area contributed by atoms with Gasteiger partial charge in [0.05, 0.1) is 12.8 Å². The number of carboxylic acid groups (broad SMARTS) is 1. The lowest BCUT2D eigenvalue weighted by molar-refractivity contribution is -0.134. The van der Waals surface area contributed by atoms with E-state index in [0.29, 0.717) is 11.8 Å². The van der Waals surface area contributed by atoms with Crippen molar-refractivity contribution in [2.75, 3.05) is 19.0 Å². The zero-order chi connectivity index (χ0) is 11.5. The molecule has 6 nitrogen and oxygen atoms in total. The second kappa shape index (κ2) is 4.34. The summed E-state index contributed by atoms with van der Waals surface area (Å²) in [6.45, 7) is -0.193. The minimum Gasteiger partial charge on any atom is -0.481 e. The minimum absolute atomic E-state index is 0.193. The van der Waals surface area contributed by atoms with Crippen LogP contribution in [0.2, 0.25) is 0 Å². The van der Waals surface area contributed by atoms with Crippen molar-refractivity contribution in [2.24, 2.45) is 0 Å². The first-order valence-corrected chi connectivity index (χ1v) is 5.10. The molecule has 16 heavy (non-hydrogen) atoms. The summed E-state index contributed by atoms with van der Waals surface area (Å²) >= 11 is 0. The first-order chi connectivity index (χ1) is 7.70. The van der Waals surface area contributed by atoms with Crippen molar-refractivity contribution in [3.63, 3.8) is 0 Å². The molecule has 2 N–H and O–H groups in total. The van der Waals surface area contributed by atoms with E-state index in [0.717, 1.165) is 30.5 Å². The Hall–Kier alpha value is -1.85. The highest BCUT2D eigenvalue weighted by Crippen LogP contribution is 2.28. The number of fused-ring (bicyclic) bond motifs is 1. The first-order valence-electron chi connectivity index (χ1n) is 5.10. The second-order valence-electron chi connectivity index (χ2n) is 3.58. The van der Waals surface area contributed by atoms with E-state index in [1.165, 1.54) is 0 Å². The molecule has 0 amide bonds. The third-order valence-electron chi connectivity index (χ3n) is 2.49. The molecule has 0 atom stereocenters. The van der Waals surface area contributed by atoms with Gasteiger partial charge in [-0.2, -0.15) is 4.98 Å². The Morgan fingerprint density at radius 3 is 3.00 bits per heavy atom. The molecule has 1 aromatic rings. The van der Waals surface area contributed by atoms with Gasteiger partial charge in [0.1, 0.15) is 6.54 Å². The van der Waals surface area contributed by atoms with E-state index in [9.17, 15) is 4.79 Å². The van der Waals surface area contributed by atoms with Crippen molar-refractivity contribution in [2.45, 2.75) is 19.3 Å². The maximum absolute atomic E-state index is 10.4. The molecule has 86 valence electrons. The zero-order valence-corrected chi connectivity index (χ0v) is 8.99. The molecule has 1 heterocycles. The number of aromatic nitrogens is 2. The number of aliphatic carboxylic acids is 1. The van der Waals surface area contributed by atoms with Gasteiger partial charge in [0.15, 0.2) is 0 Å². The van der Waals surface area contributed by atoms with Crippen molar-refractivity contribution in [1.29, 1.82) is 0 Å². The normalized spacial score (nSPS) is 13.3. The monoisotopic (exact) mass is 223 g/mol. The lowest BCUT2D eigenvalue weighted by Crippen LogP contribution is -2.15. The molecule has 6 heteroatoms. The van der Waals surface area contributed by atoms with Crippen LogP contribution >= 0.6 is 0 Å². The van der Waals surface area contributed by atoms with Crippen LogP contribution in [0.5, 0.6) is 5.88 Å². The topological polar surface area (TPSA) is 84.3 Å². The number of hydrogen-bond acceptors (Lipinski definition) is 5. The number of nitrogens with one attached hydrogen (secondary N) is 1. The zero-order valence-electron chi connectivity index (χ0n) is 8.99. The molecule has 0 aliphatic heterocycles. The molecule has 0 saturated heterocycles. The maximum atomic E-state index is 10.4. The fourth-order valence-electron chi connectivity index (χ4n) is 1.80. The minimum atomic E-state index is -0.942. The molecule has 0 aromatic carbocycles. The Morgan fingerprint density at radius 2 is 2.31 bits per heavy atom. The quantitative estimate of drug-likeness (QED) is 0.771. The third-order valence-corrected chi connectivity index (χ3v) is 2.49. The van der Waals surface area contributed by atoms with Crippen LogP contribution in [0.1, 0.15) is 17.7 Å². The van der Waals surface area contributed by atoms with E-state index in [-0.39, 0.29) is 6.54 Å². The van der Waals surface area contributed by atoms with Crippen molar-refractivity contribution >= 4 is 11.9 Å². The number of rotatable bonds is 4. The summed E-state index contributed by atoms with van der Waals surface area (Å²) in [7, 11) is 1.56. The number of methoxy groups -OCH3 is 1. The SMILES string of the molecule is COc1nc(NCC(=O)O)nc2c1CCC2. The summed E-state index contributed by atoms with van der Waals surface area (Å²) in [5, 5.41) is 11.2. The molecule has 0 spiro atoms. The molecule has 1 aromatic heterocycles. The van der Waals surface area contributed by atoms with Crippen molar-refractivity contribution in [1.82, 2.24) is 9.97 Å². The lowest BCUT2D eigenvalue weighted by atomic mass is 10.2. The average molecular weight is 223 g/mol. The summed E-state index contributed by atoms with van der Waals surface area (Å²) in [6, 6.07) is 0. The molecule has 0 saturated carbocycles. The van der Waals surface area contributed by atoms with Crippen LogP contribution in [-0.2, 0) is 17.6 Å². The van der Waals surface area contributed by atoms with Crippen molar-refractivity contribution < 1.29 is 14.6 Å². The molecule has 1 aliphatic carbocycles. The Balaban J connectivity index is 2.24. The molecule has 0 fully saturated rings. The van der Waals surface area contributed by atoms with Crippen LogP contribution in [-0.4, -0.2) is 34.7 Å². The highest BCUT2D eigenvalue weighted by molar-refractivity contribution is 5.71. The summed E-state index contributed by atoms with van der Waals surface area (Å²) in [5.41, 5.74) is 2.00. The number of hydrogen-bond donors (Lipinski definition) is 2. The molecule has 0 unspecified atom stereocenters.